The lowest BCUT2D eigenvalue weighted by molar-refractivity contribution is 0.0672. The van der Waals surface area contributed by atoms with Gasteiger partial charge in [0.1, 0.15) is 11.5 Å². The average molecular weight is 393 g/mol. The molecule has 7 heteroatoms. The summed E-state index contributed by atoms with van der Waals surface area (Å²) in [5, 5.41) is 0. The van der Waals surface area contributed by atoms with E-state index < -0.39 is 25.7 Å². The summed E-state index contributed by atoms with van der Waals surface area (Å²) in [6, 6.07) is 23.5. The zero-order valence-electron chi connectivity index (χ0n) is 14.7. The van der Waals surface area contributed by atoms with Gasteiger partial charge in [-0.3, -0.25) is 14.5 Å². The maximum Gasteiger partial charge on any atom is 0.450 e. The predicted octanol–water partition coefficient (Wildman–Crippen LogP) is 4.59. The van der Waals surface area contributed by atoms with Crippen molar-refractivity contribution in [2.75, 3.05) is 6.29 Å². The summed E-state index contributed by atoms with van der Waals surface area (Å²) in [5.41, 5.74) is 0.553. The molecule has 4 rings (SSSR count). The van der Waals surface area contributed by atoms with Gasteiger partial charge in [0, 0.05) is 0 Å². The molecule has 140 valence electrons. The van der Waals surface area contributed by atoms with Gasteiger partial charge in [0.05, 0.1) is 11.1 Å². The van der Waals surface area contributed by atoms with Gasteiger partial charge in [-0.15, -0.1) is 0 Å². The van der Waals surface area contributed by atoms with E-state index in [9.17, 15) is 14.2 Å². The summed E-state index contributed by atoms with van der Waals surface area (Å²) >= 11 is 0. The third kappa shape index (κ3) is 3.55. The molecule has 1 aliphatic heterocycles. The van der Waals surface area contributed by atoms with Crippen LogP contribution in [0.3, 0.4) is 0 Å². The monoisotopic (exact) mass is 393 g/mol. The van der Waals surface area contributed by atoms with E-state index in [0.29, 0.717) is 11.5 Å². The van der Waals surface area contributed by atoms with Crippen molar-refractivity contribution in [3.8, 4) is 11.5 Å². The number of nitrogens with zero attached hydrogens (tertiary/aromatic N) is 1. The highest BCUT2D eigenvalue weighted by molar-refractivity contribution is 7.54. The molecule has 2 amide bonds. The van der Waals surface area contributed by atoms with Crippen LogP contribution in [0.15, 0.2) is 84.9 Å². The van der Waals surface area contributed by atoms with Crippen LogP contribution in [0.5, 0.6) is 11.5 Å². The third-order valence-electron chi connectivity index (χ3n) is 4.17. The molecule has 0 N–H and O–H groups in total. The van der Waals surface area contributed by atoms with E-state index in [1.54, 1.807) is 84.9 Å². The van der Waals surface area contributed by atoms with Gasteiger partial charge in [-0.2, -0.15) is 0 Å². The van der Waals surface area contributed by atoms with Gasteiger partial charge in [-0.1, -0.05) is 48.5 Å². The van der Waals surface area contributed by atoms with E-state index in [-0.39, 0.29) is 11.1 Å². The molecule has 0 spiro atoms. The maximum absolute atomic E-state index is 13.6. The molecular formula is C21H16NO5P. The number of hydrogen-bond donors (Lipinski definition) is 0. The van der Waals surface area contributed by atoms with E-state index in [1.807, 2.05) is 0 Å². The Morgan fingerprint density at radius 3 is 1.46 bits per heavy atom. The second-order valence-electron chi connectivity index (χ2n) is 6.14. The highest BCUT2D eigenvalue weighted by Gasteiger charge is 2.42. The summed E-state index contributed by atoms with van der Waals surface area (Å²) in [5.74, 6) is -0.403. The number of carbonyl (C=O) groups is 2. The first-order valence-corrected chi connectivity index (χ1v) is 10.3. The van der Waals surface area contributed by atoms with Crippen molar-refractivity contribution in [2.45, 2.75) is 0 Å². The molecule has 0 aromatic heterocycles. The van der Waals surface area contributed by atoms with Crippen LogP contribution in [-0.4, -0.2) is 23.0 Å². The molecule has 3 aromatic carbocycles. The Kier molecular flexibility index (Phi) is 4.72. The van der Waals surface area contributed by atoms with Crippen LogP contribution < -0.4 is 9.05 Å². The minimum Gasteiger partial charge on any atom is -0.415 e. The van der Waals surface area contributed by atoms with Crippen LogP contribution in [0.4, 0.5) is 0 Å². The Balaban J connectivity index is 1.65. The summed E-state index contributed by atoms with van der Waals surface area (Å²) in [6.45, 7) is 0. The van der Waals surface area contributed by atoms with Gasteiger partial charge in [0.15, 0.2) is 6.29 Å². The van der Waals surface area contributed by atoms with Crippen molar-refractivity contribution in [2.24, 2.45) is 0 Å². The Morgan fingerprint density at radius 2 is 1.04 bits per heavy atom. The molecule has 0 aliphatic carbocycles. The van der Waals surface area contributed by atoms with Crippen LogP contribution in [0.1, 0.15) is 20.7 Å². The number of fused-ring (bicyclic) bond motifs is 1. The zero-order valence-corrected chi connectivity index (χ0v) is 15.6. The fraction of sp³-hybridized carbons (Fsp3) is 0.0476. The second kappa shape index (κ2) is 7.33. The molecular weight excluding hydrogens is 377 g/mol. The lowest BCUT2D eigenvalue weighted by Crippen LogP contribution is -2.32. The zero-order chi connectivity index (χ0) is 19.6. The van der Waals surface area contributed by atoms with Crippen LogP contribution in [0.25, 0.3) is 0 Å². The van der Waals surface area contributed by atoms with Crippen molar-refractivity contribution in [3.05, 3.63) is 96.1 Å². The largest absolute Gasteiger partial charge is 0.450 e. The summed E-state index contributed by atoms with van der Waals surface area (Å²) in [7, 11) is -3.93. The van der Waals surface area contributed by atoms with Crippen LogP contribution >= 0.6 is 7.60 Å². The number of benzene rings is 3. The number of amides is 2. The highest BCUT2D eigenvalue weighted by Crippen LogP contribution is 2.50. The standard InChI is InChI=1S/C21H16NO5P/c23-20-18-13-7-8-14-19(18)21(24)22(20)15-28(25,26-16-9-3-1-4-10-16)27-17-11-5-2-6-12-17/h1-14H,15H2. The van der Waals surface area contributed by atoms with E-state index in [1.165, 1.54) is 0 Å². The highest BCUT2D eigenvalue weighted by atomic mass is 31.2. The minimum absolute atomic E-state index is 0.276. The molecule has 0 saturated heterocycles. The Hall–Kier alpha value is -3.37. The predicted molar refractivity (Wildman–Crippen MR) is 104 cm³/mol. The molecule has 0 bridgehead atoms. The molecule has 28 heavy (non-hydrogen) atoms. The Bertz CT molecular complexity index is 988. The summed E-state index contributed by atoms with van der Waals surface area (Å²) in [6.07, 6.45) is -0.497. The molecule has 0 fully saturated rings. The minimum atomic E-state index is -3.93. The number of rotatable bonds is 6. The van der Waals surface area contributed by atoms with Crippen LogP contribution in [0, 0.1) is 0 Å². The van der Waals surface area contributed by atoms with Gasteiger partial charge < -0.3 is 9.05 Å². The fourth-order valence-electron chi connectivity index (χ4n) is 2.90. The summed E-state index contributed by atoms with van der Waals surface area (Å²) < 4.78 is 24.9. The van der Waals surface area contributed by atoms with Crippen LogP contribution in [0.2, 0.25) is 0 Å². The molecule has 0 saturated carbocycles. The van der Waals surface area contributed by atoms with Gasteiger partial charge in [-0.25, -0.2) is 4.57 Å². The topological polar surface area (TPSA) is 72.9 Å². The normalized spacial score (nSPS) is 13.4. The molecule has 0 atom stereocenters. The second-order valence-corrected chi connectivity index (χ2v) is 8.01. The van der Waals surface area contributed by atoms with Crippen molar-refractivity contribution >= 4 is 19.4 Å². The first kappa shape index (κ1) is 18.0. The van der Waals surface area contributed by atoms with E-state index >= 15 is 0 Å². The number of para-hydroxylation sites is 2. The molecule has 0 unspecified atom stereocenters. The van der Waals surface area contributed by atoms with Gasteiger partial charge in [0.2, 0.25) is 0 Å². The average Bonchev–Trinajstić information content (AvgIpc) is 2.94. The van der Waals surface area contributed by atoms with E-state index in [0.717, 1.165) is 4.90 Å². The van der Waals surface area contributed by atoms with Crippen molar-refractivity contribution in [1.29, 1.82) is 0 Å². The SMILES string of the molecule is O=C1c2ccccc2C(=O)N1CP(=O)(Oc1ccccc1)Oc1ccccc1. The Labute approximate surface area is 161 Å². The first-order valence-electron chi connectivity index (χ1n) is 8.59. The quantitative estimate of drug-likeness (QED) is 0.452. The molecule has 1 heterocycles. The molecule has 3 aromatic rings. The third-order valence-corrected chi connectivity index (χ3v) is 5.78. The fourth-order valence-corrected chi connectivity index (χ4v) is 4.54. The smallest absolute Gasteiger partial charge is 0.415 e. The van der Waals surface area contributed by atoms with E-state index in [2.05, 4.69) is 0 Å². The van der Waals surface area contributed by atoms with Gasteiger partial charge >= 0.3 is 7.60 Å². The van der Waals surface area contributed by atoms with Crippen LogP contribution in [-0.2, 0) is 4.57 Å². The van der Waals surface area contributed by atoms with Crippen molar-refractivity contribution in [3.63, 3.8) is 0 Å². The molecule has 1 aliphatic rings. The maximum atomic E-state index is 13.6. The molecule has 0 radical (unpaired) electrons. The van der Waals surface area contributed by atoms with E-state index in [4.69, 9.17) is 9.05 Å². The molecule has 6 nitrogen and oxygen atoms in total. The lowest BCUT2D eigenvalue weighted by Gasteiger charge is -2.23. The number of hydrogen-bond acceptors (Lipinski definition) is 5. The van der Waals surface area contributed by atoms with Gasteiger partial charge in [-0.05, 0) is 36.4 Å². The summed E-state index contributed by atoms with van der Waals surface area (Å²) in [4.78, 5) is 26.2. The van der Waals surface area contributed by atoms with Crippen molar-refractivity contribution < 1.29 is 23.2 Å². The number of imide groups is 1. The van der Waals surface area contributed by atoms with Gasteiger partial charge in [0.25, 0.3) is 11.8 Å². The lowest BCUT2D eigenvalue weighted by atomic mass is 10.1. The number of carbonyl (C=O) groups excluding carboxylic acids is 2. The van der Waals surface area contributed by atoms with Crippen molar-refractivity contribution in [1.82, 2.24) is 4.90 Å². The Morgan fingerprint density at radius 1 is 0.643 bits per heavy atom. The first-order chi connectivity index (χ1) is 13.6.